The number of carboxylic acids is 1. The second-order valence-electron chi connectivity index (χ2n) is 4.55. The number of amides is 1. The summed E-state index contributed by atoms with van der Waals surface area (Å²) in [7, 11) is 1.50. The van der Waals surface area contributed by atoms with Gasteiger partial charge >= 0.3 is 5.97 Å². The normalized spacial score (nSPS) is 24.5. The molecule has 1 fully saturated rings. The first-order valence-corrected chi connectivity index (χ1v) is 5.62. The first kappa shape index (κ1) is 13.9. The van der Waals surface area contributed by atoms with Crippen LogP contribution < -0.4 is 16.9 Å². The topological polar surface area (TPSA) is 122 Å². The number of carbonyl (C=O) groups is 2. The minimum Gasteiger partial charge on any atom is -0.480 e. The maximum atomic E-state index is 11.5. The van der Waals surface area contributed by atoms with Crippen molar-refractivity contribution in [2.24, 2.45) is 23.3 Å². The summed E-state index contributed by atoms with van der Waals surface area (Å²) in [6.07, 6.45) is 1.18. The molecular weight excluding hydrogens is 224 g/mol. The van der Waals surface area contributed by atoms with Crippen molar-refractivity contribution >= 4 is 11.9 Å². The van der Waals surface area contributed by atoms with Gasteiger partial charge in [0, 0.05) is 19.5 Å². The Hall–Kier alpha value is -1.18. The Morgan fingerprint density at radius 3 is 2.71 bits per heavy atom. The zero-order valence-electron chi connectivity index (χ0n) is 9.93. The molecule has 1 aliphatic carbocycles. The molecule has 7 nitrogen and oxygen atoms in total. The van der Waals surface area contributed by atoms with Gasteiger partial charge in [-0.25, -0.2) is 5.01 Å². The van der Waals surface area contributed by atoms with Crippen LogP contribution in [-0.2, 0) is 9.59 Å². The highest BCUT2D eigenvalue weighted by Crippen LogP contribution is 2.40. The smallest absolute Gasteiger partial charge is 0.319 e. The first-order chi connectivity index (χ1) is 7.93. The predicted molar refractivity (Wildman–Crippen MR) is 61.7 cm³/mol. The summed E-state index contributed by atoms with van der Waals surface area (Å²) in [5, 5.41) is 9.74. The molecule has 98 valence electrons. The molecule has 0 radical (unpaired) electrons. The third-order valence-electron chi connectivity index (χ3n) is 2.94. The summed E-state index contributed by atoms with van der Waals surface area (Å²) in [4.78, 5) is 21.9. The number of hydrazine groups is 1. The van der Waals surface area contributed by atoms with E-state index in [1.807, 2.05) is 0 Å². The summed E-state index contributed by atoms with van der Waals surface area (Å²) < 4.78 is 0. The number of nitrogens with two attached hydrogens (primary N) is 2. The van der Waals surface area contributed by atoms with E-state index in [9.17, 15) is 9.59 Å². The van der Waals surface area contributed by atoms with Gasteiger partial charge in [0.15, 0.2) is 0 Å². The van der Waals surface area contributed by atoms with Gasteiger partial charge in [-0.05, 0) is 24.8 Å². The molecular formula is C10H20N4O3. The molecule has 1 aliphatic rings. The fourth-order valence-corrected chi connectivity index (χ4v) is 1.93. The van der Waals surface area contributed by atoms with Gasteiger partial charge in [0.1, 0.15) is 6.54 Å². The predicted octanol–water partition coefficient (Wildman–Crippen LogP) is -1.65. The van der Waals surface area contributed by atoms with Crippen molar-refractivity contribution in [3.63, 3.8) is 0 Å². The molecule has 0 bridgehead atoms. The Balaban J connectivity index is 2.23. The van der Waals surface area contributed by atoms with Gasteiger partial charge in [0.05, 0.1) is 0 Å². The largest absolute Gasteiger partial charge is 0.480 e. The molecule has 1 saturated carbocycles. The Bertz CT molecular complexity index is 297. The molecule has 0 heterocycles. The van der Waals surface area contributed by atoms with E-state index in [2.05, 4.69) is 5.43 Å². The standard InChI is InChI=1S/C10H20N4O3/c1-14(5-10(16)17)13-9(15)3-8(12)7-2-6(7)4-11/h6-8H,2-5,11-12H2,1H3,(H,13,15)(H,16,17)/t6-,7-,8+/m0/s1. The molecule has 17 heavy (non-hydrogen) atoms. The fraction of sp³-hybridized carbons (Fsp3) is 0.800. The van der Waals surface area contributed by atoms with Crippen LogP contribution in [0.15, 0.2) is 0 Å². The van der Waals surface area contributed by atoms with Gasteiger partial charge in [0.25, 0.3) is 0 Å². The highest BCUT2D eigenvalue weighted by atomic mass is 16.4. The van der Waals surface area contributed by atoms with Crippen LogP contribution in [0.1, 0.15) is 12.8 Å². The summed E-state index contributed by atoms with van der Waals surface area (Å²) in [5.41, 5.74) is 13.8. The summed E-state index contributed by atoms with van der Waals surface area (Å²) in [6.45, 7) is 0.370. The zero-order valence-corrected chi connectivity index (χ0v) is 9.93. The van der Waals surface area contributed by atoms with Gasteiger partial charge in [-0.15, -0.1) is 0 Å². The lowest BCUT2D eigenvalue weighted by Crippen LogP contribution is -2.44. The molecule has 0 spiro atoms. The minimum absolute atomic E-state index is 0.193. The molecule has 0 aromatic carbocycles. The second kappa shape index (κ2) is 5.95. The number of rotatable bonds is 7. The van der Waals surface area contributed by atoms with E-state index >= 15 is 0 Å². The van der Waals surface area contributed by atoms with Crippen molar-refractivity contribution in [1.82, 2.24) is 10.4 Å². The molecule has 1 rings (SSSR count). The third kappa shape index (κ3) is 4.68. The lowest BCUT2D eigenvalue weighted by molar-refractivity contribution is -0.139. The fourth-order valence-electron chi connectivity index (χ4n) is 1.93. The van der Waals surface area contributed by atoms with Crippen LogP contribution >= 0.6 is 0 Å². The quantitative estimate of drug-likeness (QED) is 0.398. The molecule has 0 saturated heterocycles. The van der Waals surface area contributed by atoms with E-state index in [0.717, 1.165) is 6.42 Å². The highest BCUT2D eigenvalue weighted by molar-refractivity contribution is 5.77. The van der Waals surface area contributed by atoms with E-state index < -0.39 is 5.97 Å². The Morgan fingerprint density at radius 1 is 1.59 bits per heavy atom. The number of carboxylic acid groups (broad SMARTS) is 1. The number of carbonyl (C=O) groups excluding carboxylic acids is 1. The average Bonchev–Trinajstić information content (AvgIpc) is 2.94. The lowest BCUT2D eigenvalue weighted by Gasteiger charge is -2.17. The van der Waals surface area contributed by atoms with Crippen LogP contribution in [0.3, 0.4) is 0 Å². The van der Waals surface area contributed by atoms with Gasteiger partial charge in [0.2, 0.25) is 5.91 Å². The van der Waals surface area contributed by atoms with Crippen LogP contribution in [0.25, 0.3) is 0 Å². The zero-order chi connectivity index (χ0) is 13.0. The molecule has 0 aromatic heterocycles. The first-order valence-electron chi connectivity index (χ1n) is 5.62. The monoisotopic (exact) mass is 244 g/mol. The van der Waals surface area contributed by atoms with Crippen LogP contribution in [0.4, 0.5) is 0 Å². The Morgan fingerprint density at radius 2 is 2.24 bits per heavy atom. The summed E-state index contributed by atoms with van der Waals surface area (Å²) in [6, 6.07) is -0.193. The summed E-state index contributed by atoms with van der Waals surface area (Å²) >= 11 is 0. The van der Waals surface area contributed by atoms with E-state index in [4.69, 9.17) is 16.6 Å². The average molecular weight is 244 g/mol. The van der Waals surface area contributed by atoms with Crippen molar-refractivity contribution < 1.29 is 14.7 Å². The van der Waals surface area contributed by atoms with Crippen molar-refractivity contribution in [1.29, 1.82) is 0 Å². The molecule has 0 aliphatic heterocycles. The number of hydrogen-bond acceptors (Lipinski definition) is 5. The maximum absolute atomic E-state index is 11.5. The number of nitrogens with one attached hydrogen (secondary N) is 1. The molecule has 0 aromatic rings. The summed E-state index contributed by atoms with van der Waals surface area (Å²) in [5.74, 6) is -0.489. The number of aliphatic carboxylic acids is 1. The van der Waals surface area contributed by atoms with Crippen LogP contribution in [-0.4, -0.2) is 48.2 Å². The molecule has 7 heteroatoms. The molecule has 3 atom stereocenters. The SMILES string of the molecule is CN(CC(=O)O)NC(=O)C[C@@H](N)[C@H]1C[C@H]1CN. The third-order valence-corrected chi connectivity index (χ3v) is 2.94. The Kier molecular flexibility index (Phi) is 4.86. The number of nitrogens with zero attached hydrogens (tertiary/aromatic N) is 1. The van der Waals surface area contributed by atoms with Crippen LogP contribution in [0.2, 0.25) is 0 Å². The number of hydrogen-bond donors (Lipinski definition) is 4. The number of likely N-dealkylation sites (N-methyl/N-ethyl adjacent to an activating group) is 1. The second-order valence-corrected chi connectivity index (χ2v) is 4.55. The van der Waals surface area contributed by atoms with Crippen LogP contribution in [0.5, 0.6) is 0 Å². The van der Waals surface area contributed by atoms with E-state index in [-0.39, 0.29) is 24.9 Å². The van der Waals surface area contributed by atoms with Crippen molar-refractivity contribution in [3.8, 4) is 0 Å². The molecule has 0 unspecified atom stereocenters. The van der Waals surface area contributed by atoms with Crippen molar-refractivity contribution in [2.45, 2.75) is 18.9 Å². The van der Waals surface area contributed by atoms with Gasteiger partial charge in [-0.2, -0.15) is 0 Å². The minimum atomic E-state index is -0.998. The van der Waals surface area contributed by atoms with Gasteiger partial charge < -0.3 is 16.6 Å². The lowest BCUT2D eigenvalue weighted by atomic mass is 10.1. The molecule has 1 amide bonds. The maximum Gasteiger partial charge on any atom is 0.319 e. The molecule has 6 N–H and O–H groups in total. The van der Waals surface area contributed by atoms with Gasteiger partial charge in [-0.1, -0.05) is 0 Å². The van der Waals surface area contributed by atoms with Gasteiger partial charge in [-0.3, -0.25) is 15.0 Å². The highest BCUT2D eigenvalue weighted by Gasteiger charge is 2.40. The van der Waals surface area contributed by atoms with E-state index in [1.54, 1.807) is 0 Å². The van der Waals surface area contributed by atoms with E-state index in [1.165, 1.54) is 12.1 Å². The van der Waals surface area contributed by atoms with E-state index in [0.29, 0.717) is 18.4 Å². The van der Waals surface area contributed by atoms with Crippen molar-refractivity contribution in [3.05, 3.63) is 0 Å². The Labute approximate surface area is 100 Å². The van der Waals surface area contributed by atoms with Crippen molar-refractivity contribution in [2.75, 3.05) is 20.1 Å². The van der Waals surface area contributed by atoms with Crippen LogP contribution in [0, 0.1) is 11.8 Å².